The molecule has 1 aromatic carbocycles. The molecule has 1 aliphatic carbocycles. The molecule has 0 aromatic heterocycles. The molecular weight excluding hydrogens is 344 g/mol. The lowest BCUT2D eigenvalue weighted by atomic mass is 9.89. The van der Waals surface area contributed by atoms with Gasteiger partial charge in [0.15, 0.2) is 5.60 Å². The van der Waals surface area contributed by atoms with Gasteiger partial charge in [0.25, 0.3) is 0 Å². The summed E-state index contributed by atoms with van der Waals surface area (Å²) in [6.07, 6.45) is 10.1. The molecule has 1 atom stereocenters. The van der Waals surface area contributed by atoms with Crippen LogP contribution >= 0.6 is 0 Å². The Morgan fingerprint density at radius 2 is 1.81 bits per heavy atom. The Balaban J connectivity index is 1.74. The summed E-state index contributed by atoms with van der Waals surface area (Å²) in [5.41, 5.74) is 0.771. The Labute approximate surface area is 160 Å². The van der Waals surface area contributed by atoms with Crippen LogP contribution in [-0.4, -0.2) is 35.9 Å². The lowest BCUT2D eigenvalue weighted by Gasteiger charge is -2.28. The predicted molar refractivity (Wildman–Crippen MR) is 104 cm³/mol. The summed E-state index contributed by atoms with van der Waals surface area (Å²) in [6, 6.07) is 9.86. The average Bonchev–Trinajstić information content (AvgIpc) is 2.70. The second-order valence-corrected chi connectivity index (χ2v) is 6.39. The van der Waals surface area contributed by atoms with Crippen molar-refractivity contribution in [2.45, 2.75) is 37.7 Å². The van der Waals surface area contributed by atoms with Crippen LogP contribution in [0.1, 0.15) is 37.7 Å². The molecule has 0 bridgehead atoms. The van der Waals surface area contributed by atoms with Crippen LogP contribution in [0.5, 0.6) is 0 Å². The van der Waals surface area contributed by atoms with Gasteiger partial charge in [-0.25, -0.2) is 9.59 Å². The van der Waals surface area contributed by atoms with Crippen molar-refractivity contribution in [1.82, 2.24) is 0 Å². The predicted octanol–water partition coefficient (Wildman–Crippen LogP) is 4.16. The molecule has 0 aliphatic heterocycles. The molecule has 1 N–H and O–H groups in total. The number of rotatable bonds is 11. The number of carboxylic acids is 1. The zero-order valence-corrected chi connectivity index (χ0v) is 15.4. The van der Waals surface area contributed by atoms with Gasteiger partial charge in [0.2, 0.25) is 0 Å². The highest BCUT2D eigenvalue weighted by Crippen LogP contribution is 2.30. The maximum absolute atomic E-state index is 11.8. The molecule has 1 aromatic rings. The first-order valence-electron chi connectivity index (χ1n) is 9.19. The first-order valence-corrected chi connectivity index (χ1v) is 9.19. The van der Waals surface area contributed by atoms with Gasteiger partial charge in [0.05, 0.1) is 6.61 Å². The maximum atomic E-state index is 11.8. The second kappa shape index (κ2) is 10.5. The van der Waals surface area contributed by atoms with Crippen molar-refractivity contribution < 1.29 is 24.2 Å². The van der Waals surface area contributed by atoms with Crippen molar-refractivity contribution in [3.05, 3.63) is 66.8 Å². The summed E-state index contributed by atoms with van der Waals surface area (Å²) in [7, 11) is 0. The Hall–Kier alpha value is -2.66. The normalized spacial score (nSPS) is 18.6. The Bertz CT molecular complexity index is 705. The first-order chi connectivity index (χ1) is 13.1. The number of carboxylic acid groups (broad SMARTS) is 1. The third kappa shape index (κ3) is 6.22. The van der Waals surface area contributed by atoms with Crippen molar-refractivity contribution in [2.75, 3.05) is 13.2 Å². The molecule has 27 heavy (non-hydrogen) atoms. The third-order valence-corrected chi connectivity index (χ3v) is 4.44. The van der Waals surface area contributed by atoms with E-state index in [0.717, 1.165) is 42.9 Å². The Morgan fingerprint density at radius 3 is 2.41 bits per heavy atom. The molecule has 0 radical (unpaired) electrons. The van der Waals surface area contributed by atoms with Crippen LogP contribution in [0.25, 0.3) is 5.57 Å². The zero-order valence-electron chi connectivity index (χ0n) is 15.4. The lowest BCUT2D eigenvalue weighted by molar-refractivity contribution is -0.159. The first kappa shape index (κ1) is 20.6. The second-order valence-electron chi connectivity index (χ2n) is 6.39. The van der Waals surface area contributed by atoms with Crippen molar-refractivity contribution in [3.63, 3.8) is 0 Å². The highest BCUT2D eigenvalue weighted by atomic mass is 16.5. The molecule has 1 unspecified atom stereocenters. The van der Waals surface area contributed by atoms with Gasteiger partial charge in [0.1, 0.15) is 0 Å². The quantitative estimate of drug-likeness (QED) is 0.360. The number of ether oxygens (including phenoxy) is 2. The maximum Gasteiger partial charge on any atom is 0.340 e. The van der Waals surface area contributed by atoms with E-state index in [1.54, 1.807) is 6.08 Å². The molecule has 144 valence electrons. The molecule has 1 aliphatic rings. The van der Waals surface area contributed by atoms with Crippen LogP contribution in [0.2, 0.25) is 0 Å². The van der Waals surface area contributed by atoms with Gasteiger partial charge in [-0.1, -0.05) is 55.5 Å². The van der Waals surface area contributed by atoms with E-state index in [-0.39, 0.29) is 0 Å². The van der Waals surface area contributed by atoms with E-state index in [4.69, 9.17) is 9.47 Å². The molecule has 5 nitrogen and oxygen atoms in total. The highest BCUT2D eigenvalue weighted by molar-refractivity contribution is 5.85. The number of benzene rings is 1. The third-order valence-electron chi connectivity index (χ3n) is 4.44. The van der Waals surface area contributed by atoms with E-state index in [2.05, 4.69) is 6.58 Å². The monoisotopic (exact) mass is 370 g/mol. The number of carbonyl (C=O) groups excluding carboxylic acids is 1. The van der Waals surface area contributed by atoms with Crippen LogP contribution in [-0.2, 0) is 19.1 Å². The van der Waals surface area contributed by atoms with Gasteiger partial charge >= 0.3 is 11.9 Å². The summed E-state index contributed by atoms with van der Waals surface area (Å²) in [5.74, 6) is -1.38. The molecular formula is C22H26O5. The summed E-state index contributed by atoms with van der Waals surface area (Å²) >= 11 is 0. The van der Waals surface area contributed by atoms with Gasteiger partial charge in [0, 0.05) is 19.1 Å². The number of aliphatic carboxylic acids is 1. The van der Waals surface area contributed by atoms with Crippen molar-refractivity contribution >= 4 is 17.5 Å². The van der Waals surface area contributed by atoms with E-state index in [9.17, 15) is 14.7 Å². The minimum absolute atomic E-state index is 0.306. The van der Waals surface area contributed by atoms with Crippen LogP contribution in [0.15, 0.2) is 61.2 Å². The minimum atomic E-state index is -1.29. The van der Waals surface area contributed by atoms with Crippen LogP contribution in [0.4, 0.5) is 0 Å². The van der Waals surface area contributed by atoms with Gasteiger partial charge in [-0.05, 0) is 36.5 Å². The average molecular weight is 370 g/mol. The van der Waals surface area contributed by atoms with Gasteiger partial charge < -0.3 is 14.6 Å². The topological polar surface area (TPSA) is 72.8 Å². The van der Waals surface area contributed by atoms with Crippen molar-refractivity contribution in [2.24, 2.45) is 0 Å². The fourth-order valence-electron chi connectivity index (χ4n) is 2.84. The molecule has 2 rings (SSSR count). The lowest BCUT2D eigenvalue weighted by Crippen LogP contribution is -2.40. The number of carbonyl (C=O) groups is 2. The van der Waals surface area contributed by atoms with E-state index >= 15 is 0 Å². The largest absolute Gasteiger partial charge is 0.479 e. The van der Waals surface area contributed by atoms with E-state index < -0.39 is 17.5 Å². The molecule has 0 fully saturated rings. The number of hydrogen-bond acceptors (Lipinski definition) is 4. The molecule has 0 saturated carbocycles. The van der Waals surface area contributed by atoms with Crippen LogP contribution < -0.4 is 0 Å². The van der Waals surface area contributed by atoms with Crippen LogP contribution in [0, 0.1) is 0 Å². The standard InChI is InChI=1S/C22H26O5/c1-2-20(23)26-16-8-3-4-9-17-27-22(21(24)25)14-12-19(13-15-22)18-10-6-5-7-11-18/h2,5-7,10-14H,1,3-4,8-9,15-17H2,(H,24,25). The molecule has 0 heterocycles. The zero-order chi connectivity index (χ0) is 19.5. The Morgan fingerprint density at radius 1 is 1.11 bits per heavy atom. The Kier molecular flexibility index (Phi) is 8.01. The molecule has 5 heteroatoms. The number of esters is 1. The fraction of sp³-hybridized carbons (Fsp3) is 0.364. The molecule has 0 amide bonds. The van der Waals surface area contributed by atoms with Gasteiger partial charge in [-0.3, -0.25) is 0 Å². The summed E-state index contributed by atoms with van der Waals surface area (Å²) in [6.45, 7) is 4.09. The molecule has 0 saturated heterocycles. The number of allylic oxidation sites excluding steroid dienone is 2. The van der Waals surface area contributed by atoms with Crippen molar-refractivity contribution in [1.29, 1.82) is 0 Å². The number of unbranched alkanes of at least 4 members (excludes halogenated alkanes) is 3. The summed E-state index contributed by atoms with van der Waals surface area (Å²) < 4.78 is 10.7. The highest BCUT2D eigenvalue weighted by Gasteiger charge is 2.37. The molecule has 0 spiro atoms. The SMILES string of the molecule is C=CC(=O)OCCCCCCOC1(C(=O)O)C=CC(c2ccccc2)=CC1. The smallest absolute Gasteiger partial charge is 0.340 e. The summed E-state index contributed by atoms with van der Waals surface area (Å²) in [5, 5.41) is 9.63. The minimum Gasteiger partial charge on any atom is -0.479 e. The van der Waals surface area contributed by atoms with Crippen LogP contribution in [0.3, 0.4) is 0 Å². The number of hydrogen-bond donors (Lipinski definition) is 1. The van der Waals surface area contributed by atoms with E-state index in [1.165, 1.54) is 0 Å². The van der Waals surface area contributed by atoms with Gasteiger partial charge in [-0.2, -0.15) is 0 Å². The summed E-state index contributed by atoms with van der Waals surface area (Å²) in [4.78, 5) is 22.7. The van der Waals surface area contributed by atoms with E-state index in [1.807, 2.05) is 42.5 Å². The fourth-order valence-corrected chi connectivity index (χ4v) is 2.84. The van der Waals surface area contributed by atoms with E-state index in [0.29, 0.717) is 19.6 Å². The van der Waals surface area contributed by atoms with Crippen molar-refractivity contribution in [3.8, 4) is 0 Å². The van der Waals surface area contributed by atoms with Gasteiger partial charge in [-0.15, -0.1) is 0 Å².